The quantitative estimate of drug-likeness (QED) is 0.440. The maximum absolute atomic E-state index is 9.74. The molecule has 4 rings (SSSR count). The maximum atomic E-state index is 9.74. The molecule has 3 aromatic rings. The van der Waals surface area contributed by atoms with Crippen LogP contribution in [0.5, 0.6) is 0 Å². The van der Waals surface area contributed by atoms with E-state index in [0.29, 0.717) is 25.9 Å². The van der Waals surface area contributed by atoms with Gasteiger partial charge in [-0.25, -0.2) is 0 Å². The van der Waals surface area contributed by atoms with Gasteiger partial charge in [-0.05, 0) is 36.0 Å². The molecule has 1 heterocycles. The largest absolute Gasteiger partial charge is 0.396 e. The minimum atomic E-state index is 0.0830. The lowest BCUT2D eigenvalue weighted by molar-refractivity contribution is -0.104. The standard InChI is InChI=1S/C29H35NO3/c31-19-18-27-16-17-29(33-22-26-14-8-3-9-15-26)28(23-32-21-25-12-6-2-7-13-25)30(27)20-24-10-4-1-5-11-24/h1-15,27-29,31H,16-23H2/t27-,28+,29-/m1/s1. The van der Waals surface area contributed by atoms with E-state index in [-0.39, 0.29) is 18.8 Å². The topological polar surface area (TPSA) is 41.9 Å². The molecule has 4 heteroatoms. The highest BCUT2D eigenvalue weighted by Gasteiger charge is 2.37. The van der Waals surface area contributed by atoms with Gasteiger partial charge in [0.15, 0.2) is 0 Å². The molecule has 3 aromatic carbocycles. The summed E-state index contributed by atoms with van der Waals surface area (Å²) in [6.07, 6.45) is 2.84. The Kier molecular flexibility index (Phi) is 9.08. The third-order valence-corrected chi connectivity index (χ3v) is 6.49. The van der Waals surface area contributed by atoms with Crippen LogP contribution < -0.4 is 0 Å². The maximum Gasteiger partial charge on any atom is 0.0758 e. The molecule has 4 nitrogen and oxygen atoms in total. The first kappa shape index (κ1) is 23.7. The fourth-order valence-corrected chi connectivity index (χ4v) is 4.75. The minimum Gasteiger partial charge on any atom is -0.396 e. The summed E-state index contributed by atoms with van der Waals surface area (Å²) in [4.78, 5) is 2.51. The van der Waals surface area contributed by atoms with Gasteiger partial charge < -0.3 is 14.6 Å². The SMILES string of the molecule is OCC[C@H]1CC[C@@H](OCc2ccccc2)[C@H](COCc2ccccc2)N1Cc1ccccc1. The summed E-state index contributed by atoms with van der Waals surface area (Å²) in [7, 11) is 0. The van der Waals surface area contributed by atoms with Gasteiger partial charge in [-0.15, -0.1) is 0 Å². The van der Waals surface area contributed by atoms with Crippen molar-refractivity contribution < 1.29 is 14.6 Å². The van der Waals surface area contributed by atoms with Crippen molar-refractivity contribution in [2.24, 2.45) is 0 Å². The van der Waals surface area contributed by atoms with E-state index in [2.05, 4.69) is 71.6 Å². The molecule has 174 valence electrons. The van der Waals surface area contributed by atoms with Gasteiger partial charge >= 0.3 is 0 Å². The molecule has 1 saturated heterocycles. The molecule has 0 radical (unpaired) electrons. The molecule has 3 atom stereocenters. The molecule has 0 spiro atoms. The van der Waals surface area contributed by atoms with Crippen molar-refractivity contribution in [1.29, 1.82) is 0 Å². The van der Waals surface area contributed by atoms with Crippen LogP contribution >= 0.6 is 0 Å². The van der Waals surface area contributed by atoms with Crippen LogP contribution in [0.1, 0.15) is 36.0 Å². The molecule has 33 heavy (non-hydrogen) atoms. The van der Waals surface area contributed by atoms with Crippen LogP contribution in [0.15, 0.2) is 91.0 Å². The highest BCUT2D eigenvalue weighted by atomic mass is 16.5. The normalized spacial score (nSPS) is 21.2. The van der Waals surface area contributed by atoms with E-state index in [1.807, 2.05) is 24.3 Å². The summed E-state index contributed by atoms with van der Waals surface area (Å²) >= 11 is 0. The first-order chi connectivity index (χ1) is 16.3. The monoisotopic (exact) mass is 445 g/mol. The molecule has 0 amide bonds. The molecule has 1 fully saturated rings. The van der Waals surface area contributed by atoms with Crippen LogP contribution in [0.25, 0.3) is 0 Å². The van der Waals surface area contributed by atoms with E-state index in [9.17, 15) is 5.11 Å². The lowest BCUT2D eigenvalue weighted by Crippen LogP contribution is -2.56. The number of ether oxygens (including phenoxy) is 2. The Hall–Kier alpha value is -2.50. The van der Waals surface area contributed by atoms with Crippen LogP contribution in [-0.4, -0.2) is 41.4 Å². The van der Waals surface area contributed by atoms with Crippen molar-refractivity contribution >= 4 is 0 Å². The highest BCUT2D eigenvalue weighted by molar-refractivity contribution is 5.16. The Labute approximate surface area is 197 Å². The summed E-state index contributed by atoms with van der Waals surface area (Å²) in [5.41, 5.74) is 3.64. The fourth-order valence-electron chi connectivity index (χ4n) is 4.75. The van der Waals surface area contributed by atoms with Crippen molar-refractivity contribution in [3.63, 3.8) is 0 Å². The van der Waals surface area contributed by atoms with Gasteiger partial charge in [0.1, 0.15) is 0 Å². The number of piperidine rings is 1. The van der Waals surface area contributed by atoms with E-state index in [1.165, 1.54) is 16.7 Å². The van der Waals surface area contributed by atoms with E-state index < -0.39 is 0 Å². The number of hydrogen-bond donors (Lipinski definition) is 1. The molecular formula is C29H35NO3. The molecule has 0 saturated carbocycles. The van der Waals surface area contributed by atoms with Crippen LogP contribution in [-0.2, 0) is 29.2 Å². The van der Waals surface area contributed by atoms with E-state index in [1.54, 1.807) is 0 Å². The average Bonchev–Trinajstić information content (AvgIpc) is 2.87. The Morgan fingerprint density at radius 3 is 1.91 bits per heavy atom. The number of hydrogen-bond acceptors (Lipinski definition) is 4. The first-order valence-electron chi connectivity index (χ1n) is 12.0. The van der Waals surface area contributed by atoms with E-state index in [0.717, 1.165) is 25.8 Å². The molecule has 1 aliphatic heterocycles. The van der Waals surface area contributed by atoms with Gasteiger partial charge in [0.25, 0.3) is 0 Å². The summed E-state index contributed by atoms with van der Waals surface area (Å²) in [5, 5.41) is 9.74. The number of aliphatic hydroxyl groups excluding tert-OH is 1. The van der Waals surface area contributed by atoms with Gasteiger partial charge in [0.05, 0.1) is 32.0 Å². The summed E-state index contributed by atoms with van der Waals surface area (Å²) in [6, 6.07) is 31.7. The summed E-state index contributed by atoms with van der Waals surface area (Å²) < 4.78 is 12.7. The second-order valence-electron chi connectivity index (χ2n) is 8.80. The van der Waals surface area contributed by atoms with Crippen LogP contribution in [0.4, 0.5) is 0 Å². The third-order valence-electron chi connectivity index (χ3n) is 6.49. The molecule has 0 unspecified atom stereocenters. The van der Waals surface area contributed by atoms with Gasteiger partial charge in [-0.2, -0.15) is 0 Å². The first-order valence-corrected chi connectivity index (χ1v) is 12.0. The second kappa shape index (κ2) is 12.7. The van der Waals surface area contributed by atoms with Crippen molar-refractivity contribution in [1.82, 2.24) is 4.90 Å². The van der Waals surface area contributed by atoms with Crippen LogP contribution in [0, 0.1) is 0 Å². The predicted octanol–water partition coefficient (Wildman–Crippen LogP) is 5.20. The summed E-state index contributed by atoms with van der Waals surface area (Å²) in [6.45, 7) is 2.82. The van der Waals surface area contributed by atoms with Gasteiger partial charge in [-0.1, -0.05) is 91.0 Å². The molecule has 0 aromatic heterocycles. The zero-order chi connectivity index (χ0) is 22.7. The van der Waals surface area contributed by atoms with Crippen molar-refractivity contribution in [2.45, 2.75) is 57.2 Å². The minimum absolute atomic E-state index is 0.0830. The molecule has 0 bridgehead atoms. The lowest BCUT2D eigenvalue weighted by Gasteiger charge is -2.46. The van der Waals surface area contributed by atoms with Gasteiger partial charge in [-0.3, -0.25) is 4.90 Å². The van der Waals surface area contributed by atoms with Gasteiger partial charge in [0, 0.05) is 19.2 Å². The number of likely N-dealkylation sites (tertiary alicyclic amines) is 1. The zero-order valence-corrected chi connectivity index (χ0v) is 19.3. The third kappa shape index (κ3) is 6.99. The molecule has 1 aliphatic rings. The average molecular weight is 446 g/mol. The van der Waals surface area contributed by atoms with E-state index >= 15 is 0 Å². The highest BCUT2D eigenvalue weighted by Crippen LogP contribution is 2.30. The second-order valence-corrected chi connectivity index (χ2v) is 8.80. The Bertz CT molecular complexity index is 919. The Morgan fingerprint density at radius 2 is 1.30 bits per heavy atom. The Balaban J connectivity index is 1.50. The number of nitrogens with zero attached hydrogens (tertiary/aromatic N) is 1. The van der Waals surface area contributed by atoms with Crippen molar-refractivity contribution in [3.05, 3.63) is 108 Å². The van der Waals surface area contributed by atoms with Crippen molar-refractivity contribution in [3.8, 4) is 0 Å². The zero-order valence-electron chi connectivity index (χ0n) is 19.3. The Morgan fingerprint density at radius 1 is 0.727 bits per heavy atom. The lowest BCUT2D eigenvalue weighted by atomic mass is 9.90. The smallest absolute Gasteiger partial charge is 0.0758 e. The summed E-state index contributed by atoms with van der Waals surface area (Å²) in [5.74, 6) is 0. The van der Waals surface area contributed by atoms with Crippen LogP contribution in [0.3, 0.4) is 0 Å². The van der Waals surface area contributed by atoms with E-state index in [4.69, 9.17) is 9.47 Å². The molecule has 0 aliphatic carbocycles. The fraction of sp³-hybridized carbons (Fsp3) is 0.379. The number of rotatable bonds is 11. The molecular weight excluding hydrogens is 410 g/mol. The number of aliphatic hydroxyl groups is 1. The number of benzene rings is 3. The molecule has 1 N–H and O–H groups in total. The predicted molar refractivity (Wildman–Crippen MR) is 132 cm³/mol. The van der Waals surface area contributed by atoms with Crippen LogP contribution in [0.2, 0.25) is 0 Å². The van der Waals surface area contributed by atoms with Gasteiger partial charge in [0.2, 0.25) is 0 Å². The van der Waals surface area contributed by atoms with Crippen molar-refractivity contribution in [2.75, 3.05) is 13.2 Å².